The molecule has 1 radical (unpaired) electrons. The molecule has 1 aliphatic carbocycles. The van der Waals surface area contributed by atoms with Crippen molar-refractivity contribution in [3.05, 3.63) is 47.9 Å². The maximum Gasteiger partial charge on any atom is 0.170 e. The summed E-state index contributed by atoms with van der Waals surface area (Å²) in [4.78, 5) is 26.8. The largest absolute Gasteiger partial charge is 0.515 e. The fraction of sp³-hybridized carbons (Fsp3) is 0.200. The molecule has 1 aliphatic rings. The van der Waals surface area contributed by atoms with E-state index in [-0.39, 0.29) is 87.3 Å². The number of carbonyl (C=O) groups excluding carboxylic acids is 2. The van der Waals surface area contributed by atoms with Gasteiger partial charge < -0.3 is 10.1 Å². The monoisotopic (exact) mass is 294 g/mol. The van der Waals surface area contributed by atoms with Crippen molar-refractivity contribution >= 4 is 73.9 Å². The molecule has 2 aromatic rings. The van der Waals surface area contributed by atoms with Crippen LogP contribution in [0.3, 0.4) is 0 Å². The van der Waals surface area contributed by atoms with Crippen LogP contribution in [0.4, 0.5) is 0 Å². The number of hydrogen-bond acceptors (Lipinski definition) is 3. The average molecular weight is 294 g/mol. The summed E-state index contributed by atoms with van der Waals surface area (Å²) < 4.78 is 0. The van der Waals surface area contributed by atoms with Crippen LogP contribution >= 0.6 is 0 Å². The van der Waals surface area contributed by atoms with Gasteiger partial charge in [0.25, 0.3) is 0 Å². The second-order valence-corrected chi connectivity index (χ2v) is 4.78. The van der Waals surface area contributed by atoms with E-state index in [9.17, 15) is 9.59 Å². The van der Waals surface area contributed by atoms with Gasteiger partial charge in [-0.3, -0.25) is 9.59 Å². The van der Waals surface area contributed by atoms with Gasteiger partial charge in [0.2, 0.25) is 0 Å². The molecule has 0 spiro atoms. The van der Waals surface area contributed by atoms with Gasteiger partial charge in [-0.15, -0.1) is 0 Å². The van der Waals surface area contributed by atoms with E-state index in [0.717, 1.165) is 16.5 Å². The zero-order valence-corrected chi connectivity index (χ0v) is 14.3. The summed E-state index contributed by atoms with van der Waals surface area (Å²) in [5, 5.41) is 9.96. The fourth-order valence-electron chi connectivity index (χ4n) is 2.72. The van der Waals surface area contributed by atoms with Crippen molar-refractivity contribution in [2.45, 2.75) is 18.8 Å². The van der Waals surface area contributed by atoms with Crippen molar-refractivity contribution in [1.29, 1.82) is 0 Å². The summed E-state index contributed by atoms with van der Waals surface area (Å²) >= 11 is 0. The molecule has 0 unspecified atom stereocenters. The van der Waals surface area contributed by atoms with Gasteiger partial charge in [0.15, 0.2) is 11.6 Å². The second kappa shape index (κ2) is 6.36. The van der Waals surface area contributed by atoms with Crippen LogP contribution in [0.1, 0.15) is 24.3 Å². The van der Waals surface area contributed by atoms with E-state index in [1.54, 1.807) is 0 Å². The van der Waals surface area contributed by atoms with Gasteiger partial charge in [0.05, 0.1) is 11.8 Å². The minimum Gasteiger partial charge on any atom is -0.515 e. The number of nitrogens with one attached hydrogen (secondary N) is 1. The Kier molecular flexibility index (Phi) is 4.98. The van der Waals surface area contributed by atoms with Crippen LogP contribution in [0.2, 0.25) is 0 Å². The quantitative estimate of drug-likeness (QED) is 0.367. The van der Waals surface area contributed by atoms with Crippen molar-refractivity contribution in [2.75, 3.05) is 0 Å². The van der Waals surface area contributed by atoms with Crippen LogP contribution in [-0.4, -0.2) is 73.0 Å². The Morgan fingerprint density at radius 3 is 2.50 bits per heavy atom. The number of hydrogen-bond donors (Lipinski definition) is 2. The second-order valence-electron chi connectivity index (χ2n) is 4.78. The zero-order valence-electron chi connectivity index (χ0n) is 11.2. The van der Waals surface area contributed by atoms with Crippen molar-refractivity contribution in [1.82, 2.24) is 4.98 Å². The number of aliphatic hydroxyl groups is 1. The van der Waals surface area contributed by atoms with Crippen LogP contribution in [0, 0.1) is 0 Å². The number of aromatic nitrogens is 1. The zero-order chi connectivity index (χ0) is 13.4. The number of aliphatic hydroxyl groups excluding tert-OH is 1. The van der Waals surface area contributed by atoms with Crippen LogP contribution in [0.25, 0.3) is 10.9 Å². The summed E-state index contributed by atoms with van der Waals surface area (Å²) in [7, 11) is 0. The summed E-state index contributed by atoms with van der Waals surface area (Å²) in [6.45, 7) is 0. The smallest absolute Gasteiger partial charge is 0.170 e. The van der Waals surface area contributed by atoms with Gasteiger partial charge in [-0.2, -0.15) is 0 Å². The van der Waals surface area contributed by atoms with Crippen LogP contribution in [-0.2, 0) is 9.59 Å². The standard InChI is InChI=1S/C15H13NO3.K/c17-8-12-14(18)6-9(7-15(12)19)10-2-1-3-13-11(10)4-5-16-13;/h1-5,8-9,16-17H,6-7H2;. The van der Waals surface area contributed by atoms with Gasteiger partial charge in [0, 0.05) is 81.3 Å². The molecule has 2 N–H and O–H groups in total. The van der Waals surface area contributed by atoms with E-state index in [0.29, 0.717) is 6.26 Å². The number of ketones is 2. The normalized spacial score (nSPS) is 19.0. The van der Waals surface area contributed by atoms with Gasteiger partial charge in [-0.25, -0.2) is 0 Å². The summed E-state index contributed by atoms with van der Waals surface area (Å²) in [6, 6.07) is 7.79. The van der Waals surface area contributed by atoms with E-state index in [2.05, 4.69) is 4.98 Å². The predicted molar refractivity (Wildman–Crippen MR) is 76.8 cm³/mol. The van der Waals surface area contributed by atoms with Crippen LogP contribution < -0.4 is 0 Å². The molecule has 0 aliphatic heterocycles. The predicted octanol–water partition coefficient (Wildman–Crippen LogP) is 2.24. The van der Waals surface area contributed by atoms with Gasteiger partial charge in [-0.1, -0.05) is 12.1 Å². The first-order valence-corrected chi connectivity index (χ1v) is 6.17. The number of benzene rings is 1. The first-order valence-electron chi connectivity index (χ1n) is 6.17. The first-order chi connectivity index (χ1) is 9.20. The summed E-state index contributed by atoms with van der Waals surface area (Å²) in [6.07, 6.45) is 3.02. The minimum atomic E-state index is -0.281. The molecule has 3 rings (SSSR count). The molecular formula is C15H13KNO3. The molecule has 1 heterocycles. The maximum absolute atomic E-state index is 11.8. The third kappa shape index (κ3) is 2.69. The number of carbonyl (C=O) groups is 2. The number of allylic oxidation sites excluding steroid dienone is 1. The summed E-state index contributed by atoms with van der Waals surface area (Å²) in [5.74, 6) is -0.671. The van der Waals surface area contributed by atoms with Crippen molar-refractivity contribution in [3.8, 4) is 0 Å². The topological polar surface area (TPSA) is 70.2 Å². The van der Waals surface area contributed by atoms with Crippen LogP contribution in [0.15, 0.2) is 42.3 Å². The van der Waals surface area contributed by atoms with Gasteiger partial charge in [0.1, 0.15) is 0 Å². The Balaban J connectivity index is 0.00000147. The SMILES string of the molecule is O=C1CC(c2cccc3[nH]ccc23)CC(=O)C1=CO.[K]. The number of aromatic amines is 1. The third-order valence-corrected chi connectivity index (χ3v) is 3.66. The molecular weight excluding hydrogens is 281 g/mol. The molecule has 20 heavy (non-hydrogen) atoms. The molecule has 0 atom stereocenters. The van der Waals surface area contributed by atoms with E-state index < -0.39 is 0 Å². The van der Waals surface area contributed by atoms with E-state index in [1.807, 2.05) is 30.5 Å². The van der Waals surface area contributed by atoms with Gasteiger partial charge >= 0.3 is 0 Å². The number of H-pyrrole nitrogens is 1. The van der Waals surface area contributed by atoms with Crippen LogP contribution in [0.5, 0.6) is 0 Å². The average Bonchev–Trinajstić information content (AvgIpc) is 2.86. The Labute approximate surface area is 158 Å². The Bertz CT molecular complexity index is 682. The Morgan fingerprint density at radius 2 is 1.85 bits per heavy atom. The molecule has 1 fully saturated rings. The van der Waals surface area contributed by atoms with Crippen molar-refractivity contribution in [3.63, 3.8) is 0 Å². The Hall–Kier alpha value is -0.724. The molecule has 0 bridgehead atoms. The molecule has 0 amide bonds. The maximum atomic E-state index is 11.8. The molecule has 1 aromatic heterocycles. The Morgan fingerprint density at radius 1 is 1.15 bits per heavy atom. The third-order valence-electron chi connectivity index (χ3n) is 3.66. The van der Waals surface area contributed by atoms with E-state index >= 15 is 0 Å². The molecule has 4 nitrogen and oxygen atoms in total. The molecule has 1 saturated carbocycles. The number of Topliss-reactive ketones (excluding diaryl/α,β-unsaturated/α-hetero) is 2. The van der Waals surface area contributed by atoms with E-state index in [1.165, 1.54) is 0 Å². The van der Waals surface area contributed by atoms with Gasteiger partial charge in [-0.05, 0) is 23.6 Å². The molecule has 0 saturated heterocycles. The summed E-state index contributed by atoms with van der Waals surface area (Å²) in [5.41, 5.74) is 1.94. The van der Waals surface area contributed by atoms with Crippen molar-refractivity contribution < 1.29 is 14.7 Å². The van der Waals surface area contributed by atoms with Crippen molar-refractivity contribution in [2.24, 2.45) is 0 Å². The molecule has 97 valence electrons. The minimum absolute atomic E-state index is 0. The number of rotatable bonds is 1. The fourth-order valence-corrected chi connectivity index (χ4v) is 2.72. The molecule has 5 heteroatoms. The first kappa shape index (κ1) is 15.7. The number of fused-ring (bicyclic) bond motifs is 1. The molecule has 1 aromatic carbocycles. The van der Waals surface area contributed by atoms with E-state index in [4.69, 9.17) is 5.11 Å².